The highest BCUT2D eigenvalue weighted by Gasteiger charge is 2.26. The van der Waals surface area contributed by atoms with Crippen LogP contribution in [0.4, 0.5) is 8.78 Å². The molecule has 5 nitrogen and oxygen atoms in total. The van der Waals surface area contributed by atoms with Crippen LogP contribution in [0.1, 0.15) is 17.3 Å². The zero-order valence-electron chi connectivity index (χ0n) is 11.6. The van der Waals surface area contributed by atoms with E-state index in [9.17, 15) is 23.5 Å². The molecule has 1 N–H and O–H groups in total. The maximum absolute atomic E-state index is 13.1. The molecule has 1 aliphatic heterocycles. The smallest absolute Gasteiger partial charge is 0.254 e. The van der Waals surface area contributed by atoms with E-state index >= 15 is 0 Å². The van der Waals surface area contributed by atoms with E-state index < -0.39 is 23.6 Å². The van der Waals surface area contributed by atoms with Gasteiger partial charge in [0, 0.05) is 31.7 Å². The van der Waals surface area contributed by atoms with Gasteiger partial charge in [-0.15, -0.1) is 0 Å². The Labute approximate surface area is 120 Å². The zero-order valence-corrected chi connectivity index (χ0v) is 11.6. The molecule has 1 atom stereocenters. The number of carbonyl (C=O) groups excluding carboxylic acids is 2. The molecule has 0 aliphatic carbocycles. The molecule has 7 heteroatoms. The first-order chi connectivity index (χ1) is 9.90. The van der Waals surface area contributed by atoms with E-state index in [0.717, 1.165) is 12.1 Å². The van der Waals surface area contributed by atoms with Gasteiger partial charge in [-0.1, -0.05) is 0 Å². The van der Waals surface area contributed by atoms with Crippen molar-refractivity contribution in [2.24, 2.45) is 0 Å². The highest BCUT2D eigenvalue weighted by molar-refractivity contribution is 5.94. The molecule has 1 aliphatic rings. The Hall–Kier alpha value is -2.02. The van der Waals surface area contributed by atoms with Gasteiger partial charge in [-0.25, -0.2) is 8.78 Å². The average molecular weight is 298 g/mol. The van der Waals surface area contributed by atoms with Crippen LogP contribution >= 0.6 is 0 Å². The molecule has 0 radical (unpaired) electrons. The van der Waals surface area contributed by atoms with Crippen LogP contribution < -0.4 is 0 Å². The summed E-state index contributed by atoms with van der Waals surface area (Å²) in [6.45, 7) is 2.58. The molecule has 1 fully saturated rings. The second kappa shape index (κ2) is 6.17. The SMILES string of the molecule is CC(O)C(=O)N1CCN(C(=O)c2ccc(F)c(F)c2)CC1. The molecule has 0 spiro atoms. The Morgan fingerprint density at radius 3 is 2.19 bits per heavy atom. The van der Waals surface area contributed by atoms with E-state index in [1.807, 2.05) is 0 Å². The van der Waals surface area contributed by atoms with Crippen LogP contribution in [0.2, 0.25) is 0 Å². The number of nitrogens with zero attached hydrogens (tertiary/aromatic N) is 2. The molecule has 2 amide bonds. The maximum atomic E-state index is 13.1. The van der Waals surface area contributed by atoms with Crippen LogP contribution in [-0.2, 0) is 4.79 Å². The lowest BCUT2D eigenvalue weighted by Gasteiger charge is -2.35. The predicted molar refractivity (Wildman–Crippen MR) is 70.5 cm³/mol. The topological polar surface area (TPSA) is 60.9 Å². The normalized spacial score (nSPS) is 16.8. The fourth-order valence-corrected chi connectivity index (χ4v) is 2.21. The Bertz CT molecular complexity index is 555. The van der Waals surface area contributed by atoms with Gasteiger partial charge >= 0.3 is 0 Å². The average Bonchev–Trinajstić information content (AvgIpc) is 2.48. The van der Waals surface area contributed by atoms with Crippen molar-refractivity contribution in [2.75, 3.05) is 26.2 Å². The largest absolute Gasteiger partial charge is 0.384 e. The van der Waals surface area contributed by atoms with Gasteiger partial charge < -0.3 is 14.9 Å². The molecule has 114 valence electrons. The third-order valence-electron chi connectivity index (χ3n) is 3.40. The minimum absolute atomic E-state index is 0.0733. The van der Waals surface area contributed by atoms with Crippen LogP contribution in [0.5, 0.6) is 0 Å². The fraction of sp³-hybridized carbons (Fsp3) is 0.429. The number of halogens is 2. The number of hydrogen-bond acceptors (Lipinski definition) is 3. The number of aliphatic hydroxyl groups is 1. The summed E-state index contributed by atoms with van der Waals surface area (Å²) in [6.07, 6.45) is -1.07. The molecule has 0 saturated carbocycles. The number of rotatable bonds is 2. The summed E-state index contributed by atoms with van der Waals surface area (Å²) in [4.78, 5) is 26.7. The van der Waals surface area contributed by atoms with Gasteiger partial charge in [-0.05, 0) is 25.1 Å². The second-order valence-electron chi connectivity index (χ2n) is 4.92. The quantitative estimate of drug-likeness (QED) is 0.871. The van der Waals surface area contributed by atoms with Crippen molar-refractivity contribution < 1.29 is 23.5 Å². The van der Waals surface area contributed by atoms with E-state index in [1.165, 1.54) is 22.8 Å². The molecule has 1 aromatic rings. The van der Waals surface area contributed by atoms with E-state index in [0.29, 0.717) is 13.1 Å². The lowest BCUT2D eigenvalue weighted by atomic mass is 10.1. The van der Waals surface area contributed by atoms with Gasteiger partial charge in [0.1, 0.15) is 6.10 Å². The molecule has 0 aromatic heterocycles. The van der Waals surface area contributed by atoms with Crippen molar-refractivity contribution in [3.05, 3.63) is 35.4 Å². The summed E-state index contributed by atoms with van der Waals surface area (Å²) in [5, 5.41) is 9.23. The van der Waals surface area contributed by atoms with Crippen LogP contribution in [0.15, 0.2) is 18.2 Å². The number of aliphatic hydroxyl groups excluding tert-OH is 1. The molecule has 1 saturated heterocycles. The number of amides is 2. The minimum atomic E-state index is -1.07. The molecular formula is C14H16F2N2O3. The second-order valence-corrected chi connectivity index (χ2v) is 4.92. The van der Waals surface area contributed by atoms with E-state index in [1.54, 1.807) is 0 Å². The summed E-state index contributed by atoms with van der Waals surface area (Å²) in [5.41, 5.74) is 0.0733. The van der Waals surface area contributed by atoms with Gasteiger partial charge in [0.25, 0.3) is 11.8 Å². The zero-order chi connectivity index (χ0) is 15.6. The fourth-order valence-electron chi connectivity index (χ4n) is 2.21. The summed E-state index contributed by atoms with van der Waals surface area (Å²) in [7, 11) is 0. The molecular weight excluding hydrogens is 282 g/mol. The number of hydrogen-bond donors (Lipinski definition) is 1. The highest BCUT2D eigenvalue weighted by atomic mass is 19.2. The van der Waals surface area contributed by atoms with Crippen molar-refractivity contribution in [2.45, 2.75) is 13.0 Å². The van der Waals surface area contributed by atoms with Gasteiger partial charge in [-0.3, -0.25) is 9.59 Å². The first kappa shape index (κ1) is 15.4. The minimum Gasteiger partial charge on any atom is -0.384 e. The number of carbonyl (C=O) groups is 2. The van der Waals surface area contributed by atoms with Crippen molar-refractivity contribution in [1.82, 2.24) is 9.80 Å². The summed E-state index contributed by atoms with van der Waals surface area (Å²) in [5.74, 6) is -2.85. The lowest BCUT2D eigenvalue weighted by molar-refractivity contribution is -0.140. The van der Waals surface area contributed by atoms with Gasteiger partial charge in [-0.2, -0.15) is 0 Å². The molecule has 21 heavy (non-hydrogen) atoms. The predicted octanol–water partition coefficient (Wildman–Crippen LogP) is 0.630. The molecule has 1 aromatic carbocycles. The number of piperazine rings is 1. The van der Waals surface area contributed by atoms with Crippen molar-refractivity contribution in [3.63, 3.8) is 0 Å². The Morgan fingerprint density at radius 1 is 1.10 bits per heavy atom. The summed E-state index contributed by atoms with van der Waals surface area (Å²) < 4.78 is 26.0. The summed E-state index contributed by atoms with van der Waals surface area (Å²) in [6, 6.07) is 3.01. The first-order valence-corrected chi connectivity index (χ1v) is 6.61. The van der Waals surface area contributed by atoms with Crippen LogP contribution in [0, 0.1) is 11.6 Å². The maximum Gasteiger partial charge on any atom is 0.254 e. The highest BCUT2D eigenvalue weighted by Crippen LogP contribution is 2.13. The first-order valence-electron chi connectivity index (χ1n) is 6.61. The van der Waals surface area contributed by atoms with Gasteiger partial charge in [0.2, 0.25) is 0 Å². The number of benzene rings is 1. The van der Waals surface area contributed by atoms with E-state index in [4.69, 9.17) is 0 Å². The van der Waals surface area contributed by atoms with Crippen LogP contribution in [0.25, 0.3) is 0 Å². The van der Waals surface area contributed by atoms with Crippen molar-refractivity contribution in [3.8, 4) is 0 Å². The molecule has 1 unspecified atom stereocenters. The Kier molecular flexibility index (Phi) is 4.52. The Morgan fingerprint density at radius 2 is 1.67 bits per heavy atom. The third kappa shape index (κ3) is 3.36. The Balaban J connectivity index is 2.00. The van der Waals surface area contributed by atoms with E-state index in [2.05, 4.69) is 0 Å². The standard InChI is InChI=1S/C14H16F2N2O3/c1-9(19)13(20)17-4-6-18(7-5-17)14(21)10-2-3-11(15)12(16)8-10/h2-3,8-9,19H,4-7H2,1H3. The van der Waals surface area contributed by atoms with Crippen molar-refractivity contribution >= 4 is 11.8 Å². The third-order valence-corrected chi connectivity index (χ3v) is 3.40. The van der Waals surface area contributed by atoms with Crippen molar-refractivity contribution in [1.29, 1.82) is 0 Å². The van der Waals surface area contributed by atoms with Gasteiger partial charge in [0.15, 0.2) is 11.6 Å². The molecule has 0 bridgehead atoms. The van der Waals surface area contributed by atoms with Crippen LogP contribution in [-0.4, -0.2) is 59.0 Å². The molecule has 2 rings (SSSR count). The lowest BCUT2D eigenvalue weighted by Crippen LogP contribution is -2.52. The molecule has 1 heterocycles. The monoisotopic (exact) mass is 298 g/mol. The van der Waals surface area contributed by atoms with Crippen LogP contribution in [0.3, 0.4) is 0 Å². The van der Waals surface area contributed by atoms with Gasteiger partial charge in [0.05, 0.1) is 0 Å². The van der Waals surface area contributed by atoms with E-state index in [-0.39, 0.29) is 24.6 Å². The summed E-state index contributed by atoms with van der Waals surface area (Å²) >= 11 is 0.